The van der Waals surface area contributed by atoms with Crippen LogP contribution in [0.1, 0.15) is 61.8 Å². The molecule has 1 unspecified atom stereocenters. The van der Waals surface area contributed by atoms with E-state index in [9.17, 15) is 9.90 Å². The molecule has 0 radical (unpaired) electrons. The van der Waals surface area contributed by atoms with Crippen LogP contribution in [0.4, 0.5) is 4.79 Å². The monoisotopic (exact) mass is 335 g/mol. The highest BCUT2D eigenvalue weighted by atomic mass is 16.4. The first kappa shape index (κ1) is 16.2. The molecule has 0 aromatic heterocycles. The van der Waals surface area contributed by atoms with Gasteiger partial charge in [0.05, 0.1) is 6.04 Å². The molecule has 0 bridgehead atoms. The molecule has 4 rings (SSSR count). The number of benzene rings is 2. The highest BCUT2D eigenvalue weighted by Gasteiger charge is 2.52. The van der Waals surface area contributed by atoms with Crippen LogP contribution in [0.25, 0.3) is 11.1 Å². The van der Waals surface area contributed by atoms with E-state index in [0.29, 0.717) is 5.92 Å². The molecule has 2 aromatic rings. The standard InChI is InChI=1S/C22H25NO2/c1-14(2)15-3-5-16(6-4-15)17-7-8-19-18(13-17)9-10-22(11-12-22)20(19)23-21(24)25/h3-8,13-14,20,23H,9-12H2,1-2H3,(H,24,25). The molecule has 1 atom stereocenters. The molecule has 0 saturated heterocycles. The van der Waals surface area contributed by atoms with Gasteiger partial charge in [-0.1, -0.05) is 56.3 Å². The second-order valence-electron chi connectivity index (χ2n) is 7.94. The largest absolute Gasteiger partial charge is 0.465 e. The lowest BCUT2D eigenvalue weighted by molar-refractivity contribution is 0.178. The molecule has 3 heteroatoms. The topological polar surface area (TPSA) is 49.3 Å². The minimum atomic E-state index is -0.919. The van der Waals surface area contributed by atoms with E-state index < -0.39 is 6.09 Å². The van der Waals surface area contributed by atoms with Gasteiger partial charge >= 0.3 is 6.09 Å². The molecule has 130 valence electrons. The molecular weight excluding hydrogens is 310 g/mol. The van der Waals surface area contributed by atoms with Gasteiger partial charge in [-0.3, -0.25) is 0 Å². The first-order chi connectivity index (χ1) is 12.0. The summed E-state index contributed by atoms with van der Waals surface area (Å²) in [6, 6.07) is 15.3. The zero-order chi connectivity index (χ0) is 17.6. The third-order valence-electron chi connectivity index (χ3n) is 6.03. The SMILES string of the molecule is CC(C)c1ccc(-c2ccc3c(c2)CCC2(CC2)C3NC(=O)O)cc1. The molecule has 0 aliphatic heterocycles. The molecule has 2 aromatic carbocycles. The molecule has 3 nitrogen and oxygen atoms in total. The van der Waals surface area contributed by atoms with Crippen LogP contribution in [-0.2, 0) is 6.42 Å². The number of nitrogens with one attached hydrogen (secondary N) is 1. The van der Waals surface area contributed by atoms with Crippen molar-refractivity contribution in [2.45, 2.75) is 51.5 Å². The van der Waals surface area contributed by atoms with Gasteiger partial charge in [-0.05, 0) is 64.8 Å². The van der Waals surface area contributed by atoms with Gasteiger partial charge in [0.25, 0.3) is 0 Å². The van der Waals surface area contributed by atoms with Gasteiger partial charge < -0.3 is 10.4 Å². The molecule has 2 N–H and O–H groups in total. The third kappa shape index (κ3) is 2.92. The van der Waals surface area contributed by atoms with Crippen LogP contribution in [0.15, 0.2) is 42.5 Å². The van der Waals surface area contributed by atoms with Crippen LogP contribution in [0, 0.1) is 5.41 Å². The first-order valence-corrected chi connectivity index (χ1v) is 9.21. The van der Waals surface area contributed by atoms with Crippen LogP contribution in [-0.4, -0.2) is 11.2 Å². The van der Waals surface area contributed by atoms with Crippen molar-refractivity contribution in [3.8, 4) is 11.1 Å². The van der Waals surface area contributed by atoms with Crippen LogP contribution < -0.4 is 5.32 Å². The first-order valence-electron chi connectivity index (χ1n) is 9.21. The number of aryl methyl sites for hydroxylation is 1. The summed E-state index contributed by atoms with van der Waals surface area (Å²) in [5.74, 6) is 0.537. The summed E-state index contributed by atoms with van der Waals surface area (Å²) >= 11 is 0. The van der Waals surface area contributed by atoms with E-state index >= 15 is 0 Å². The fraction of sp³-hybridized carbons (Fsp3) is 0.409. The Morgan fingerprint density at radius 2 is 1.76 bits per heavy atom. The minimum absolute atomic E-state index is 0.0499. The number of carbonyl (C=O) groups is 1. The molecule has 1 saturated carbocycles. The maximum atomic E-state index is 11.3. The Kier molecular flexibility index (Phi) is 3.82. The lowest BCUT2D eigenvalue weighted by Gasteiger charge is -2.34. The molecule has 1 fully saturated rings. The Labute approximate surface area is 149 Å². The Bertz CT molecular complexity index is 803. The lowest BCUT2D eigenvalue weighted by atomic mass is 9.76. The Hall–Kier alpha value is -2.29. The van der Waals surface area contributed by atoms with Crippen molar-refractivity contribution in [1.29, 1.82) is 0 Å². The molecular formula is C22H25NO2. The van der Waals surface area contributed by atoms with Gasteiger partial charge in [0.15, 0.2) is 0 Å². The highest BCUT2D eigenvalue weighted by Crippen LogP contribution is 2.60. The number of hydrogen-bond acceptors (Lipinski definition) is 1. The number of hydrogen-bond donors (Lipinski definition) is 2. The van der Waals surface area contributed by atoms with Crippen molar-refractivity contribution in [2.24, 2.45) is 5.41 Å². The van der Waals surface area contributed by atoms with Crippen molar-refractivity contribution < 1.29 is 9.90 Å². The molecule has 25 heavy (non-hydrogen) atoms. The van der Waals surface area contributed by atoms with E-state index in [1.165, 1.54) is 27.8 Å². The second-order valence-corrected chi connectivity index (χ2v) is 7.94. The van der Waals surface area contributed by atoms with Gasteiger partial charge in [0.1, 0.15) is 0 Å². The van der Waals surface area contributed by atoms with Crippen LogP contribution >= 0.6 is 0 Å². The van der Waals surface area contributed by atoms with Gasteiger partial charge in [-0.2, -0.15) is 0 Å². The summed E-state index contributed by atoms with van der Waals surface area (Å²) in [5, 5.41) is 12.0. The summed E-state index contributed by atoms with van der Waals surface area (Å²) in [7, 11) is 0. The van der Waals surface area contributed by atoms with E-state index in [1.54, 1.807) is 0 Å². The van der Waals surface area contributed by atoms with Crippen molar-refractivity contribution in [3.63, 3.8) is 0 Å². The minimum Gasteiger partial charge on any atom is -0.465 e. The molecule has 0 heterocycles. The van der Waals surface area contributed by atoms with Crippen molar-refractivity contribution >= 4 is 6.09 Å². The van der Waals surface area contributed by atoms with Gasteiger partial charge in [-0.15, -0.1) is 0 Å². The van der Waals surface area contributed by atoms with Crippen LogP contribution in [0.5, 0.6) is 0 Å². The fourth-order valence-corrected chi connectivity index (χ4v) is 4.26. The summed E-state index contributed by atoms with van der Waals surface area (Å²) in [6.07, 6.45) is 3.48. The van der Waals surface area contributed by atoms with E-state index in [1.807, 2.05) is 0 Å². The number of amides is 1. The smallest absolute Gasteiger partial charge is 0.405 e. The molecule has 1 amide bonds. The zero-order valence-electron chi connectivity index (χ0n) is 14.9. The van der Waals surface area contributed by atoms with Gasteiger partial charge in [0, 0.05) is 0 Å². The zero-order valence-corrected chi connectivity index (χ0v) is 14.9. The van der Waals surface area contributed by atoms with Gasteiger partial charge in [0.2, 0.25) is 0 Å². The quantitative estimate of drug-likeness (QED) is 0.777. The maximum Gasteiger partial charge on any atom is 0.405 e. The number of carboxylic acid groups (broad SMARTS) is 1. The average Bonchev–Trinajstić information content (AvgIpc) is 3.38. The Morgan fingerprint density at radius 1 is 1.08 bits per heavy atom. The van der Waals surface area contributed by atoms with E-state index in [4.69, 9.17) is 0 Å². The van der Waals surface area contributed by atoms with Crippen molar-refractivity contribution in [2.75, 3.05) is 0 Å². The highest BCUT2D eigenvalue weighted by molar-refractivity contribution is 5.68. The number of fused-ring (bicyclic) bond motifs is 1. The summed E-state index contributed by atoms with van der Waals surface area (Å²) in [4.78, 5) is 11.3. The van der Waals surface area contributed by atoms with E-state index in [-0.39, 0.29) is 11.5 Å². The lowest BCUT2D eigenvalue weighted by Crippen LogP contribution is -2.36. The Balaban J connectivity index is 1.67. The molecule has 2 aliphatic carbocycles. The summed E-state index contributed by atoms with van der Waals surface area (Å²) < 4.78 is 0. The predicted molar refractivity (Wildman–Crippen MR) is 99.9 cm³/mol. The summed E-state index contributed by atoms with van der Waals surface area (Å²) in [5.41, 5.74) is 6.43. The van der Waals surface area contributed by atoms with Crippen molar-refractivity contribution in [3.05, 3.63) is 59.2 Å². The summed E-state index contributed by atoms with van der Waals surface area (Å²) in [6.45, 7) is 4.41. The van der Waals surface area contributed by atoms with E-state index in [2.05, 4.69) is 61.6 Å². The van der Waals surface area contributed by atoms with Crippen LogP contribution in [0.3, 0.4) is 0 Å². The number of rotatable bonds is 3. The third-order valence-corrected chi connectivity index (χ3v) is 6.03. The molecule has 1 spiro atoms. The normalized spacial score (nSPS) is 20.4. The Morgan fingerprint density at radius 3 is 2.36 bits per heavy atom. The maximum absolute atomic E-state index is 11.3. The van der Waals surface area contributed by atoms with Gasteiger partial charge in [-0.25, -0.2) is 4.79 Å². The fourth-order valence-electron chi connectivity index (χ4n) is 4.26. The van der Waals surface area contributed by atoms with Crippen molar-refractivity contribution in [1.82, 2.24) is 5.32 Å². The van der Waals surface area contributed by atoms with E-state index in [0.717, 1.165) is 25.7 Å². The second kappa shape index (κ2) is 5.91. The van der Waals surface area contributed by atoms with Crippen LogP contribution in [0.2, 0.25) is 0 Å². The predicted octanol–water partition coefficient (Wildman–Crippen LogP) is 5.51. The molecule has 2 aliphatic rings. The average molecular weight is 335 g/mol.